The molecule has 0 bridgehead atoms. The number of aliphatic hydroxyl groups is 2. The summed E-state index contributed by atoms with van der Waals surface area (Å²) in [5, 5.41) is 21.0. The Morgan fingerprint density at radius 1 is 1.13 bits per heavy atom. The lowest BCUT2D eigenvalue weighted by Crippen LogP contribution is -2.40. The van der Waals surface area contributed by atoms with Crippen LogP contribution < -0.4 is 0 Å². The van der Waals surface area contributed by atoms with Crippen molar-refractivity contribution >= 4 is 0 Å². The Morgan fingerprint density at radius 2 is 1.93 bits per heavy atom. The van der Waals surface area contributed by atoms with Crippen molar-refractivity contribution in [3.8, 4) is 0 Å². The van der Waals surface area contributed by atoms with E-state index in [9.17, 15) is 10.2 Å². The van der Waals surface area contributed by atoms with Gasteiger partial charge in [0.1, 0.15) is 0 Å². The van der Waals surface area contributed by atoms with Gasteiger partial charge in [-0.3, -0.25) is 0 Å². The second-order valence-electron chi connectivity index (χ2n) is 6.18. The van der Waals surface area contributed by atoms with Gasteiger partial charge in [-0.25, -0.2) is 0 Å². The van der Waals surface area contributed by atoms with Crippen LogP contribution in [0.1, 0.15) is 32.6 Å². The number of rotatable bonds is 0. The zero-order valence-electron chi connectivity index (χ0n) is 9.02. The first-order chi connectivity index (χ1) is 7.05. The van der Waals surface area contributed by atoms with E-state index < -0.39 is 11.6 Å². The molecule has 1 heterocycles. The molecule has 1 aliphatic heterocycles. The van der Waals surface area contributed by atoms with Crippen molar-refractivity contribution in [3.63, 3.8) is 0 Å². The lowest BCUT2D eigenvalue weighted by Gasteiger charge is -2.29. The van der Waals surface area contributed by atoms with E-state index in [2.05, 4.69) is 6.92 Å². The van der Waals surface area contributed by atoms with E-state index in [1.54, 1.807) is 0 Å². The van der Waals surface area contributed by atoms with Crippen molar-refractivity contribution in [2.75, 3.05) is 0 Å². The van der Waals surface area contributed by atoms with Crippen LogP contribution in [0.3, 0.4) is 0 Å². The molecule has 7 unspecified atom stereocenters. The molecule has 0 aromatic heterocycles. The summed E-state index contributed by atoms with van der Waals surface area (Å²) in [5.74, 6) is -0.196. The van der Waals surface area contributed by atoms with Crippen molar-refractivity contribution in [2.45, 2.75) is 44.2 Å². The third-order valence-corrected chi connectivity index (χ3v) is 5.58. The highest BCUT2D eigenvalue weighted by atomic mass is 16.7. The Bertz CT molecular complexity index is 331. The molecule has 84 valence electrons. The van der Waals surface area contributed by atoms with Gasteiger partial charge in [0.25, 0.3) is 0 Å². The van der Waals surface area contributed by atoms with Gasteiger partial charge in [-0.05, 0) is 31.1 Å². The number of ether oxygens (including phenoxy) is 1. The second-order valence-corrected chi connectivity index (χ2v) is 6.18. The Hall–Kier alpha value is -0.120. The molecule has 2 N–H and O–H groups in total. The first-order valence-corrected chi connectivity index (χ1v) is 6.19. The molecule has 0 radical (unpaired) electrons. The monoisotopic (exact) mass is 210 g/mol. The van der Waals surface area contributed by atoms with Crippen molar-refractivity contribution < 1.29 is 14.9 Å². The van der Waals surface area contributed by atoms with E-state index in [0.717, 1.165) is 19.3 Å². The fourth-order valence-corrected chi connectivity index (χ4v) is 5.13. The molecule has 3 heteroatoms. The van der Waals surface area contributed by atoms with Crippen LogP contribution in [0.4, 0.5) is 0 Å². The minimum Gasteiger partial charge on any atom is -0.365 e. The van der Waals surface area contributed by atoms with Gasteiger partial charge < -0.3 is 14.9 Å². The predicted octanol–water partition coefficient (Wildman–Crippen LogP) is 1.10. The van der Waals surface area contributed by atoms with Crippen molar-refractivity contribution in [3.05, 3.63) is 0 Å². The summed E-state index contributed by atoms with van der Waals surface area (Å²) in [6.45, 7) is 2.05. The summed E-state index contributed by atoms with van der Waals surface area (Å²) in [5.41, 5.74) is 0. The van der Waals surface area contributed by atoms with Crippen LogP contribution in [-0.4, -0.2) is 21.8 Å². The molecule has 4 rings (SSSR count). The molecule has 15 heavy (non-hydrogen) atoms. The van der Waals surface area contributed by atoms with Crippen LogP contribution in [-0.2, 0) is 4.74 Å². The highest BCUT2D eigenvalue weighted by Crippen LogP contribution is 2.70. The van der Waals surface area contributed by atoms with Gasteiger partial charge in [0.2, 0.25) is 0 Å². The van der Waals surface area contributed by atoms with Crippen LogP contribution in [0, 0.1) is 29.6 Å². The quantitative estimate of drug-likeness (QED) is 0.629. The Kier molecular flexibility index (Phi) is 1.35. The van der Waals surface area contributed by atoms with E-state index in [1.807, 2.05) is 0 Å². The summed E-state index contributed by atoms with van der Waals surface area (Å²) < 4.78 is 5.71. The van der Waals surface area contributed by atoms with E-state index in [1.165, 1.54) is 6.42 Å². The Labute approximate surface area is 89.4 Å². The summed E-state index contributed by atoms with van der Waals surface area (Å²) in [6.07, 6.45) is 4.08. The topological polar surface area (TPSA) is 49.7 Å². The first kappa shape index (κ1) is 8.97. The van der Waals surface area contributed by atoms with Gasteiger partial charge in [-0.1, -0.05) is 6.92 Å². The molecular formula is C12H18O3. The van der Waals surface area contributed by atoms with Crippen LogP contribution in [0.2, 0.25) is 0 Å². The molecular weight excluding hydrogens is 192 g/mol. The average molecular weight is 210 g/mol. The summed E-state index contributed by atoms with van der Waals surface area (Å²) in [4.78, 5) is 0. The van der Waals surface area contributed by atoms with Crippen molar-refractivity contribution in [2.24, 2.45) is 29.6 Å². The molecule has 0 amide bonds. The zero-order chi connectivity index (χ0) is 10.4. The smallest absolute Gasteiger partial charge is 0.175 e. The predicted molar refractivity (Wildman–Crippen MR) is 52.6 cm³/mol. The molecule has 3 nitrogen and oxygen atoms in total. The normalized spacial score (nSPS) is 70.2. The van der Waals surface area contributed by atoms with Gasteiger partial charge in [-0.15, -0.1) is 0 Å². The zero-order valence-corrected chi connectivity index (χ0v) is 9.02. The number of hydrogen-bond acceptors (Lipinski definition) is 3. The second kappa shape index (κ2) is 2.27. The molecule has 7 atom stereocenters. The van der Waals surface area contributed by atoms with Crippen LogP contribution in [0.15, 0.2) is 0 Å². The number of hydrogen-bond donors (Lipinski definition) is 2. The summed E-state index contributed by atoms with van der Waals surface area (Å²) in [6, 6.07) is 0. The van der Waals surface area contributed by atoms with Gasteiger partial charge >= 0.3 is 0 Å². The van der Waals surface area contributed by atoms with Crippen molar-refractivity contribution in [1.82, 2.24) is 0 Å². The average Bonchev–Trinajstić information content (AvgIpc) is 2.76. The molecule has 4 fully saturated rings. The van der Waals surface area contributed by atoms with Crippen LogP contribution in [0.25, 0.3) is 0 Å². The maximum absolute atomic E-state index is 10.6. The fourth-order valence-electron chi connectivity index (χ4n) is 5.13. The third-order valence-electron chi connectivity index (χ3n) is 5.58. The standard InChI is InChI=1S/C12H18O3/c1-6-4-8-5-7-2-3-11(13)9(7)10(8)12(6,14)15-11/h6-10,13-14H,2-5H2,1H3. The van der Waals surface area contributed by atoms with E-state index >= 15 is 0 Å². The molecule has 3 aliphatic carbocycles. The maximum atomic E-state index is 10.6. The molecule has 0 spiro atoms. The minimum absolute atomic E-state index is 0.183. The third kappa shape index (κ3) is 0.787. The maximum Gasteiger partial charge on any atom is 0.175 e. The van der Waals surface area contributed by atoms with E-state index in [0.29, 0.717) is 11.8 Å². The summed E-state index contributed by atoms with van der Waals surface area (Å²) >= 11 is 0. The van der Waals surface area contributed by atoms with Gasteiger partial charge in [0.05, 0.1) is 0 Å². The lowest BCUT2D eigenvalue weighted by molar-refractivity contribution is -0.309. The van der Waals surface area contributed by atoms with E-state index in [4.69, 9.17) is 4.74 Å². The van der Waals surface area contributed by atoms with Crippen LogP contribution in [0.5, 0.6) is 0 Å². The Morgan fingerprint density at radius 3 is 2.73 bits per heavy atom. The minimum atomic E-state index is -1.01. The fraction of sp³-hybridized carbons (Fsp3) is 1.00. The Balaban J connectivity index is 1.86. The van der Waals surface area contributed by atoms with Crippen LogP contribution >= 0.6 is 0 Å². The summed E-state index contributed by atoms with van der Waals surface area (Å²) in [7, 11) is 0. The highest BCUT2D eigenvalue weighted by molar-refractivity contribution is 5.16. The molecule has 1 saturated heterocycles. The van der Waals surface area contributed by atoms with E-state index in [-0.39, 0.29) is 17.8 Å². The molecule has 3 saturated carbocycles. The first-order valence-electron chi connectivity index (χ1n) is 6.19. The lowest BCUT2D eigenvalue weighted by atomic mass is 9.85. The van der Waals surface area contributed by atoms with Gasteiger partial charge in [-0.2, -0.15) is 0 Å². The van der Waals surface area contributed by atoms with Gasteiger partial charge in [0.15, 0.2) is 11.6 Å². The van der Waals surface area contributed by atoms with Crippen molar-refractivity contribution in [1.29, 1.82) is 0 Å². The highest BCUT2D eigenvalue weighted by Gasteiger charge is 2.74. The van der Waals surface area contributed by atoms with Gasteiger partial charge in [0, 0.05) is 24.2 Å². The largest absolute Gasteiger partial charge is 0.365 e. The molecule has 4 aliphatic rings. The molecule has 0 aromatic carbocycles. The SMILES string of the molecule is CC1CC2CC3CCC4(O)OC1(O)C2C34. The molecule has 0 aromatic rings.